The minimum absolute atomic E-state index is 0.0439. The number of nitrogens with one attached hydrogen (secondary N) is 1. The maximum atomic E-state index is 13.5. The highest BCUT2D eigenvalue weighted by molar-refractivity contribution is 5.78. The van der Waals surface area contributed by atoms with Crippen molar-refractivity contribution in [2.24, 2.45) is 11.1 Å². The van der Waals surface area contributed by atoms with E-state index in [9.17, 15) is 14.0 Å². The number of nitrogens with two attached hydrogens (primary N) is 1. The second-order valence-electron chi connectivity index (χ2n) is 11.1. The van der Waals surface area contributed by atoms with Crippen LogP contribution >= 0.6 is 0 Å². The van der Waals surface area contributed by atoms with Crippen molar-refractivity contribution >= 4 is 11.8 Å². The van der Waals surface area contributed by atoms with Crippen molar-refractivity contribution in [1.29, 1.82) is 0 Å². The number of rotatable bonds is 6. The summed E-state index contributed by atoms with van der Waals surface area (Å²) < 4.78 is 19.3. The molecule has 0 aliphatic carbocycles. The molecule has 0 radical (unpaired) electrons. The van der Waals surface area contributed by atoms with Crippen molar-refractivity contribution in [3.8, 4) is 5.75 Å². The molecule has 2 aliphatic heterocycles. The predicted molar refractivity (Wildman–Crippen MR) is 134 cm³/mol. The molecule has 3 N–H and O–H groups in total. The Kier molecular flexibility index (Phi) is 7.17. The van der Waals surface area contributed by atoms with Crippen molar-refractivity contribution in [2.45, 2.75) is 57.9 Å². The molecule has 1 spiro atoms. The fraction of sp³-hybridized carbons (Fsp3) is 0.500. The smallest absolute Gasteiger partial charge is 0.255 e. The van der Waals surface area contributed by atoms with Gasteiger partial charge in [-0.05, 0) is 66.1 Å². The minimum atomic E-state index is -0.501. The third kappa shape index (κ3) is 5.84. The molecule has 2 aromatic rings. The van der Waals surface area contributed by atoms with E-state index >= 15 is 0 Å². The summed E-state index contributed by atoms with van der Waals surface area (Å²) >= 11 is 0. The number of ether oxygens (including phenoxy) is 1. The Bertz CT molecular complexity index is 1070. The molecule has 2 saturated heterocycles. The third-order valence-electron chi connectivity index (χ3n) is 7.58. The zero-order valence-corrected chi connectivity index (χ0v) is 20.9. The average molecular weight is 482 g/mol. The summed E-state index contributed by atoms with van der Waals surface area (Å²) in [6.45, 7) is 9.25. The molecule has 1 atom stereocenters. The van der Waals surface area contributed by atoms with Crippen LogP contribution < -0.4 is 15.8 Å². The Morgan fingerprint density at radius 3 is 2.49 bits per heavy atom. The molecule has 2 heterocycles. The minimum Gasteiger partial charge on any atom is -0.483 e. The van der Waals surface area contributed by atoms with Gasteiger partial charge in [0.1, 0.15) is 11.6 Å². The quantitative estimate of drug-likeness (QED) is 0.656. The number of amides is 2. The van der Waals surface area contributed by atoms with Crippen LogP contribution in [0.25, 0.3) is 0 Å². The van der Waals surface area contributed by atoms with Gasteiger partial charge in [0, 0.05) is 31.0 Å². The number of primary amides is 1. The molecule has 0 saturated carbocycles. The molecule has 2 aromatic carbocycles. The van der Waals surface area contributed by atoms with Crippen molar-refractivity contribution < 1.29 is 18.7 Å². The van der Waals surface area contributed by atoms with E-state index in [1.807, 2.05) is 18.2 Å². The molecule has 2 aliphatic rings. The highest BCUT2D eigenvalue weighted by Crippen LogP contribution is 2.49. The number of carbonyl (C=O) groups excluding carboxylic acids is 2. The predicted octanol–water partition coefficient (Wildman–Crippen LogP) is 3.87. The molecule has 1 unspecified atom stereocenters. The number of halogens is 1. The monoisotopic (exact) mass is 481 g/mol. The molecule has 4 rings (SSSR count). The summed E-state index contributed by atoms with van der Waals surface area (Å²) in [6, 6.07) is 12.9. The lowest BCUT2D eigenvalue weighted by Crippen LogP contribution is -2.51. The Morgan fingerprint density at radius 2 is 1.86 bits per heavy atom. The first-order chi connectivity index (χ1) is 16.6. The summed E-state index contributed by atoms with van der Waals surface area (Å²) in [6.07, 6.45) is 2.27. The van der Waals surface area contributed by atoms with Gasteiger partial charge in [-0.15, -0.1) is 0 Å². The van der Waals surface area contributed by atoms with E-state index in [0.29, 0.717) is 25.3 Å². The standard InChI is InChI=1S/C28H36FN3O3/c1-27(2,3)21-7-4-20(24(14-21)35-18-25(30)33)17-32-12-10-28(11-13-32)15-26(34)31-16-23(28)19-5-8-22(29)9-6-19/h4-9,14,23H,10-13,15-18H2,1-3H3,(H2,30,33)(H,31,34). The van der Waals surface area contributed by atoms with E-state index in [2.05, 4.69) is 43.1 Å². The molecular formula is C28H36FN3O3. The lowest BCUT2D eigenvalue weighted by molar-refractivity contribution is -0.128. The Labute approximate surface area is 207 Å². The van der Waals surface area contributed by atoms with Gasteiger partial charge >= 0.3 is 0 Å². The van der Waals surface area contributed by atoms with Crippen LogP contribution in [-0.4, -0.2) is 43.0 Å². The third-order valence-corrected chi connectivity index (χ3v) is 7.58. The van der Waals surface area contributed by atoms with Gasteiger partial charge in [-0.2, -0.15) is 0 Å². The number of nitrogens with zero attached hydrogens (tertiary/aromatic N) is 1. The number of likely N-dealkylation sites (tertiary alicyclic amines) is 1. The fourth-order valence-corrected chi connectivity index (χ4v) is 5.46. The van der Waals surface area contributed by atoms with Crippen LogP contribution in [0.15, 0.2) is 42.5 Å². The first-order valence-electron chi connectivity index (χ1n) is 12.3. The molecule has 2 amide bonds. The normalized spacial score (nSPS) is 20.5. The van der Waals surface area contributed by atoms with Crippen molar-refractivity contribution in [1.82, 2.24) is 10.2 Å². The van der Waals surface area contributed by atoms with Crippen LogP contribution in [0, 0.1) is 11.2 Å². The summed E-state index contributed by atoms with van der Waals surface area (Å²) in [5.41, 5.74) is 8.40. The molecule has 7 heteroatoms. The summed E-state index contributed by atoms with van der Waals surface area (Å²) in [4.78, 5) is 26.1. The highest BCUT2D eigenvalue weighted by Gasteiger charge is 2.46. The summed E-state index contributed by atoms with van der Waals surface area (Å²) in [5, 5.41) is 3.02. The van der Waals surface area contributed by atoms with Crippen LogP contribution in [0.1, 0.15) is 62.6 Å². The molecule has 0 aromatic heterocycles. The van der Waals surface area contributed by atoms with Gasteiger partial charge in [-0.25, -0.2) is 4.39 Å². The van der Waals surface area contributed by atoms with Gasteiger partial charge in [0.15, 0.2) is 6.61 Å². The van der Waals surface area contributed by atoms with E-state index in [0.717, 1.165) is 42.6 Å². The van der Waals surface area contributed by atoms with Crippen molar-refractivity contribution in [2.75, 3.05) is 26.2 Å². The Hall–Kier alpha value is -2.93. The van der Waals surface area contributed by atoms with E-state index < -0.39 is 5.91 Å². The van der Waals surface area contributed by atoms with Gasteiger partial charge in [0.05, 0.1) is 0 Å². The Balaban J connectivity index is 1.50. The summed E-state index contributed by atoms with van der Waals surface area (Å²) in [7, 11) is 0. The highest BCUT2D eigenvalue weighted by atomic mass is 19.1. The SMILES string of the molecule is CC(C)(C)c1ccc(CN2CCC3(CC2)CC(=O)NCC3c2ccc(F)cc2)c(OCC(N)=O)c1. The van der Waals surface area contributed by atoms with Gasteiger partial charge in [-0.3, -0.25) is 14.5 Å². The van der Waals surface area contributed by atoms with Gasteiger partial charge in [0.25, 0.3) is 5.91 Å². The molecule has 6 nitrogen and oxygen atoms in total. The van der Waals surface area contributed by atoms with Crippen LogP contribution in [-0.2, 0) is 21.5 Å². The lowest BCUT2D eigenvalue weighted by Gasteiger charge is -2.49. The first-order valence-corrected chi connectivity index (χ1v) is 12.3. The molecule has 35 heavy (non-hydrogen) atoms. The van der Waals surface area contributed by atoms with E-state index in [-0.39, 0.29) is 35.1 Å². The van der Waals surface area contributed by atoms with Gasteiger partial charge in [-0.1, -0.05) is 45.0 Å². The van der Waals surface area contributed by atoms with E-state index in [4.69, 9.17) is 10.5 Å². The second kappa shape index (κ2) is 9.97. The van der Waals surface area contributed by atoms with Gasteiger partial charge < -0.3 is 15.8 Å². The zero-order valence-electron chi connectivity index (χ0n) is 20.9. The van der Waals surface area contributed by atoms with Crippen LogP contribution in [0.2, 0.25) is 0 Å². The van der Waals surface area contributed by atoms with Crippen LogP contribution in [0.3, 0.4) is 0 Å². The topological polar surface area (TPSA) is 84.7 Å². The molecule has 188 valence electrons. The molecular weight excluding hydrogens is 445 g/mol. The largest absolute Gasteiger partial charge is 0.483 e. The fourth-order valence-electron chi connectivity index (χ4n) is 5.46. The first kappa shape index (κ1) is 25.2. The number of hydrogen-bond donors (Lipinski definition) is 2. The van der Waals surface area contributed by atoms with Crippen molar-refractivity contribution in [3.63, 3.8) is 0 Å². The number of carbonyl (C=O) groups is 2. The van der Waals surface area contributed by atoms with Crippen LogP contribution in [0.4, 0.5) is 4.39 Å². The number of piperidine rings is 2. The maximum absolute atomic E-state index is 13.5. The number of hydrogen-bond acceptors (Lipinski definition) is 4. The average Bonchev–Trinajstić information content (AvgIpc) is 2.80. The van der Waals surface area contributed by atoms with E-state index in [1.54, 1.807) is 0 Å². The molecule has 2 fully saturated rings. The van der Waals surface area contributed by atoms with Crippen molar-refractivity contribution in [3.05, 3.63) is 65.0 Å². The zero-order chi connectivity index (χ0) is 25.2. The Morgan fingerprint density at radius 1 is 1.17 bits per heavy atom. The molecule has 0 bridgehead atoms. The number of benzene rings is 2. The van der Waals surface area contributed by atoms with Gasteiger partial charge in [0.2, 0.25) is 5.91 Å². The second-order valence-corrected chi connectivity index (χ2v) is 11.1. The lowest BCUT2D eigenvalue weighted by atomic mass is 9.62. The summed E-state index contributed by atoms with van der Waals surface area (Å²) in [5.74, 6) is 0.210. The maximum Gasteiger partial charge on any atom is 0.255 e. The van der Waals surface area contributed by atoms with Crippen LogP contribution in [0.5, 0.6) is 5.75 Å². The van der Waals surface area contributed by atoms with E-state index in [1.165, 1.54) is 12.1 Å².